The van der Waals surface area contributed by atoms with E-state index in [1.54, 1.807) is 20.3 Å². The molecule has 0 saturated carbocycles. The first-order chi connectivity index (χ1) is 10.0. The van der Waals surface area contributed by atoms with Crippen molar-refractivity contribution in [3.8, 4) is 0 Å². The molecule has 0 saturated heterocycles. The number of nitrogens with zero attached hydrogens (tertiary/aromatic N) is 4. The van der Waals surface area contributed by atoms with Crippen molar-refractivity contribution in [3.63, 3.8) is 0 Å². The Labute approximate surface area is 129 Å². The summed E-state index contributed by atoms with van der Waals surface area (Å²) in [5.41, 5.74) is 2.83. The quantitative estimate of drug-likeness (QED) is 0.857. The van der Waals surface area contributed by atoms with Crippen molar-refractivity contribution in [2.24, 2.45) is 0 Å². The number of fused-ring (bicyclic) bond motifs is 1. The van der Waals surface area contributed by atoms with Crippen molar-refractivity contribution in [3.05, 3.63) is 23.7 Å². The molecule has 2 amide bonds. The monoisotopic (exact) mass is 309 g/mol. The molecule has 0 aliphatic rings. The molecule has 2 aromatic rings. The Morgan fingerprint density at radius 1 is 1.48 bits per heavy atom. The summed E-state index contributed by atoms with van der Waals surface area (Å²) < 4.78 is 2.03. The third-order valence-corrected chi connectivity index (χ3v) is 3.44. The lowest BCUT2D eigenvalue weighted by molar-refractivity contribution is 0.217. The fourth-order valence-corrected chi connectivity index (χ4v) is 2.30. The minimum atomic E-state index is -0.109. The van der Waals surface area contributed by atoms with Crippen LogP contribution in [-0.2, 0) is 13.0 Å². The molecule has 6 nitrogen and oxygen atoms in total. The molecule has 2 rings (SSSR count). The maximum Gasteiger partial charge on any atom is 0.316 e. The number of rotatable bonds is 5. The first-order valence-corrected chi connectivity index (χ1v) is 7.40. The van der Waals surface area contributed by atoms with Crippen LogP contribution >= 0.6 is 11.6 Å². The number of halogens is 1. The third-order valence-electron chi connectivity index (χ3n) is 3.25. The summed E-state index contributed by atoms with van der Waals surface area (Å²) in [6, 6.07) is 1.83. The van der Waals surface area contributed by atoms with Gasteiger partial charge in [-0.05, 0) is 18.6 Å². The van der Waals surface area contributed by atoms with Gasteiger partial charge in [-0.2, -0.15) is 0 Å². The van der Waals surface area contributed by atoms with Gasteiger partial charge in [-0.3, -0.25) is 0 Å². The van der Waals surface area contributed by atoms with Gasteiger partial charge in [0.25, 0.3) is 0 Å². The number of nitrogens with one attached hydrogen (secondary N) is 1. The lowest BCUT2D eigenvalue weighted by Gasteiger charge is -2.13. The van der Waals surface area contributed by atoms with Crippen LogP contribution in [-0.4, -0.2) is 52.0 Å². The highest BCUT2D eigenvalue weighted by Crippen LogP contribution is 2.17. The fourth-order valence-electron chi connectivity index (χ4n) is 2.13. The van der Waals surface area contributed by atoms with E-state index in [0.717, 1.165) is 22.6 Å². The predicted molar refractivity (Wildman–Crippen MR) is 83.8 cm³/mol. The Kier molecular flexibility index (Phi) is 5.01. The molecule has 0 aliphatic heterocycles. The molecule has 0 spiro atoms. The predicted octanol–water partition coefficient (Wildman–Crippen LogP) is 1.79. The van der Waals surface area contributed by atoms with Gasteiger partial charge >= 0.3 is 6.03 Å². The molecule has 2 aromatic heterocycles. The number of pyridine rings is 1. The van der Waals surface area contributed by atoms with Crippen LogP contribution in [0, 0.1) is 6.92 Å². The number of aromatic nitrogens is 3. The fraction of sp³-hybridized carbons (Fsp3) is 0.500. The second-order valence-electron chi connectivity index (χ2n) is 5.05. The molecule has 114 valence electrons. The summed E-state index contributed by atoms with van der Waals surface area (Å²) >= 11 is 5.85. The molecule has 0 bridgehead atoms. The van der Waals surface area contributed by atoms with Gasteiger partial charge in [0.1, 0.15) is 11.3 Å². The van der Waals surface area contributed by atoms with Crippen LogP contribution < -0.4 is 5.32 Å². The molecule has 0 unspecified atom stereocenters. The zero-order chi connectivity index (χ0) is 15.4. The Hall–Kier alpha value is -1.82. The zero-order valence-electron chi connectivity index (χ0n) is 12.6. The molecule has 0 radical (unpaired) electrons. The Morgan fingerprint density at radius 3 is 2.90 bits per heavy atom. The first kappa shape index (κ1) is 15.6. The summed E-state index contributed by atoms with van der Waals surface area (Å²) in [6.45, 7) is 3.16. The van der Waals surface area contributed by atoms with E-state index in [2.05, 4.69) is 15.3 Å². The minimum absolute atomic E-state index is 0.109. The molecule has 1 N–H and O–H groups in total. The van der Waals surface area contributed by atoms with E-state index in [-0.39, 0.29) is 6.03 Å². The standard InChI is InChI=1S/C14H20ClN5O/c1-10-5-7-16-13-12(10)18-11(4-6-15)20(13)9-8-17-14(21)19(2)3/h5,7H,4,6,8-9H2,1-3H3,(H,17,21). The summed E-state index contributed by atoms with van der Waals surface area (Å²) in [7, 11) is 3.43. The average molecular weight is 310 g/mol. The minimum Gasteiger partial charge on any atom is -0.336 e. The molecule has 2 heterocycles. The van der Waals surface area contributed by atoms with E-state index < -0.39 is 0 Å². The highest BCUT2D eigenvalue weighted by Gasteiger charge is 2.13. The zero-order valence-corrected chi connectivity index (χ0v) is 13.3. The van der Waals surface area contributed by atoms with E-state index in [9.17, 15) is 4.79 Å². The second kappa shape index (κ2) is 6.76. The van der Waals surface area contributed by atoms with Gasteiger partial charge in [0.2, 0.25) is 0 Å². The number of alkyl halides is 1. The number of urea groups is 1. The van der Waals surface area contributed by atoms with Crippen LogP contribution in [0.15, 0.2) is 12.3 Å². The number of hydrogen-bond acceptors (Lipinski definition) is 3. The van der Waals surface area contributed by atoms with Crippen LogP contribution in [0.4, 0.5) is 4.79 Å². The van der Waals surface area contributed by atoms with Gasteiger partial charge in [0, 0.05) is 45.7 Å². The van der Waals surface area contributed by atoms with Crippen LogP contribution in [0.5, 0.6) is 0 Å². The largest absolute Gasteiger partial charge is 0.336 e. The van der Waals surface area contributed by atoms with E-state index in [1.807, 2.05) is 17.6 Å². The lowest BCUT2D eigenvalue weighted by atomic mass is 10.3. The molecule has 0 fully saturated rings. The van der Waals surface area contributed by atoms with Gasteiger partial charge in [0.05, 0.1) is 0 Å². The lowest BCUT2D eigenvalue weighted by Crippen LogP contribution is -2.36. The van der Waals surface area contributed by atoms with Gasteiger partial charge < -0.3 is 14.8 Å². The summed E-state index contributed by atoms with van der Waals surface area (Å²) in [4.78, 5) is 22.1. The first-order valence-electron chi connectivity index (χ1n) is 6.86. The molecule has 7 heteroatoms. The Bertz CT molecular complexity index is 638. The molecule has 21 heavy (non-hydrogen) atoms. The van der Waals surface area contributed by atoms with E-state index in [1.165, 1.54) is 4.90 Å². The number of imidazole rings is 1. The summed E-state index contributed by atoms with van der Waals surface area (Å²) in [5, 5.41) is 2.85. The number of hydrogen-bond donors (Lipinski definition) is 1. The van der Waals surface area contributed by atoms with Crippen LogP contribution in [0.1, 0.15) is 11.4 Å². The van der Waals surface area contributed by atoms with Crippen LogP contribution in [0.2, 0.25) is 0 Å². The molecular weight excluding hydrogens is 290 g/mol. The van der Waals surface area contributed by atoms with Crippen molar-refractivity contribution in [2.45, 2.75) is 19.9 Å². The average Bonchev–Trinajstić information content (AvgIpc) is 2.79. The number of amides is 2. The SMILES string of the molecule is Cc1ccnc2c1nc(CCCl)n2CCNC(=O)N(C)C. The highest BCUT2D eigenvalue weighted by molar-refractivity contribution is 6.17. The van der Waals surface area contributed by atoms with Gasteiger partial charge in [-0.15, -0.1) is 11.6 Å². The van der Waals surface area contributed by atoms with Gasteiger partial charge in [-0.1, -0.05) is 0 Å². The van der Waals surface area contributed by atoms with Crippen molar-refractivity contribution in [1.29, 1.82) is 0 Å². The Balaban J connectivity index is 2.22. The molecule has 0 aliphatic carbocycles. The van der Waals surface area contributed by atoms with Crippen LogP contribution in [0.25, 0.3) is 11.2 Å². The number of carbonyl (C=O) groups is 1. The maximum atomic E-state index is 11.6. The normalized spacial score (nSPS) is 10.9. The van der Waals surface area contributed by atoms with Crippen molar-refractivity contribution in [1.82, 2.24) is 24.8 Å². The summed E-state index contributed by atoms with van der Waals surface area (Å²) in [6.07, 6.45) is 2.46. The maximum absolute atomic E-state index is 11.6. The second-order valence-corrected chi connectivity index (χ2v) is 5.42. The van der Waals surface area contributed by atoms with Crippen molar-refractivity contribution < 1.29 is 4.79 Å². The number of carbonyl (C=O) groups excluding carboxylic acids is 1. The molecule has 0 atom stereocenters. The highest BCUT2D eigenvalue weighted by atomic mass is 35.5. The summed E-state index contributed by atoms with van der Waals surface area (Å²) in [5.74, 6) is 1.41. The van der Waals surface area contributed by atoms with E-state index >= 15 is 0 Å². The van der Waals surface area contributed by atoms with Crippen molar-refractivity contribution in [2.75, 3.05) is 26.5 Å². The number of aryl methyl sites for hydroxylation is 2. The molecular formula is C14H20ClN5O. The smallest absolute Gasteiger partial charge is 0.316 e. The van der Waals surface area contributed by atoms with Gasteiger partial charge in [0.15, 0.2) is 5.65 Å². The van der Waals surface area contributed by atoms with E-state index in [0.29, 0.717) is 25.4 Å². The third kappa shape index (κ3) is 3.44. The van der Waals surface area contributed by atoms with Crippen LogP contribution in [0.3, 0.4) is 0 Å². The Morgan fingerprint density at radius 2 is 2.24 bits per heavy atom. The van der Waals surface area contributed by atoms with Gasteiger partial charge in [-0.25, -0.2) is 14.8 Å². The van der Waals surface area contributed by atoms with Crippen molar-refractivity contribution >= 4 is 28.8 Å². The van der Waals surface area contributed by atoms with E-state index in [4.69, 9.17) is 11.6 Å². The topological polar surface area (TPSA) is 63.1 Å². The molecule has 0 aromatic carbocycles.